The zero-order valence-corrected chi connectivity index (χ0v) is 16.3. The van der Waals surface area contributed by atoms with E-state index in [1.54, 1.807) is 19.2 Å². The number of rotatable bonds is 5. The zero-order chi connectivity index (χ0) is 19.4. The molecular formula is C19H24ClN5O2. The first-order valence-electron chi connectivity index (χ1n) is 9.02. The molecule has 0 saturated carbocycles. The van der Waals surface area contributed by atoms with Crippen LogP contribution in [0.4, 0.5) is 5.82 Å². The molecule has 0 aliphatic carbocycles. The maximum Gasteiger partial charge on any atom is 0.267 e. The Morgan fingerprint density at radius 1 is 1.26 bits per heavy atom. The molecule has 2 N–H and O–H groups in total. The van der Waals surface area contributed by atoms with Crippen LogP contribution < -0.4 is 10.6 Å². The van der Waals surface area contributed by atoms with E-state index in [0.29, 0.717) is 16.5 Å². The number of likely N-dealkylation sites (tertiary alicyclic amines) is 1. The number of hydrogen-bond acceptors (Lipinski definition) is 4. The Labute approximate surface area is 163 Å². The van der Waals surface area contributed by atoms with Gasteiger partial charge < -0.3 is 15.2 Å². The minimum Gasteiger partial charge on any atom is -0.354 e. The number of halogens is 1. The number of nitrogens with zero attached hydrogens (tertiary/aromatic N) is 3. The van der Waals surface area contributed by atoms with Crippen molar-refractivity contribution >= 4 is 29.2 Å². The molecule has 2 amide bonds. The largest absolute Gasteiger partial charge is 0.354 e. The third kappa shape index (κ3) is 4.48. The quantitative estimate of drug-likeness (QED) is 0.823. The van der Waals surface area contributed by atoms with Crippen molar-refractivity contribution < 1.29 is 9.59 Å². The number of aromatic nitrogens is 2. The second kappa shape index (κ2) is 8.54. The fourth-order valence-electron chi connectivity index (χ4n) is 3.55. The summed E-state index contributed by atoms with van der Waals surface area (Å²) < 4.78 is 1.92. The number of amides is 2. The highest BCUT2D eigenvalue weighted by atomic mass is 35.5. The maximum absolute atomic E-state index is 12.5. The highest BCUT2D eigenvalue weighted by molar-refractivity contribution is 6.30. The van der Waals surface area contributed by atoms with E-state index in [2.05, 4.69) is 20.5 Å². The van der Waals surface area contributed by atoms with Crippen LogP contribution >= 0.6 is 11.6 Å². The molecule has 27 heavy (non-hydrogen) atoms. The molecule has 7 nitrogen and oxygen atoms in total. The van der Waals surface area contributed by atoms with Crippen LogP contribution in [-0.4, -0.2) is 46.4 Å². The van der Waals surface area contributed by atoms with Crippen molar-refractivity contribution in [2.75, 3.05) is 25.5 Å². The second-order valence-corrected chi connectivity index (χ2v) is 7.11. The Hall–Kier alpha value is -2.38. The van der Waals surface area contributed by atoms with Crippen LogP contribution in [-0.2, 0) is 11.8 Å². The highest BCUT2D eigenvalue weighted by Gasteiger charge is 2.28. The molecule has 0 radical (unpaired) electrons. The predicted octanol–water partition coefficient (Wildman–Crippen LogP) is 2.60. The predicted molar refractivity (Wildman–Crippen MR) is 105 cm³/mol. The molecule has 1 aliphatic rings. The molecule has 1 saturated heterocycles. The van der Waals surface area contributed by atoms with Crippen molar-refractivity contribution in [3.63, 3.8) is 0 Å². The van der Waals surface area contributed by atoms with Crippen LogP contribution in [0.1, 0.15) is 41.5 Å². The number of hydrogen-bond donors (Lipinski definition) is 2. The lowest BCUT2D eigenvalue weighted by molar-refractivity contribution is -0.118. The van der Waals surface area contributed by atoms with Crippen LogP contribution in [0, 0.1) is 0 Å². The third-order valence-electron chi connectivity index (χ3n) is 4.92. The van der Waals surface area contributed by atoms with Gasteiger partial charge in [0.25, 0.3) is 5.91 Å². The van der Waals surface area contributed by atoms with Crippen LogP contribution in [0.2, 0.25) is 5.02 Å². The third-order valence-corrected chi connectivity index (χ3v) is 5.14. The van der Waals surface area contributed by atoms with Gasteiger partial charge in [-0.1, -0.05) is 18.0 Å². The average Bonchev–Trinajstić information content (AvgIpc) is 3.04. The van der Waals surface area contributed by atoms with E-state index >= 15 is 0 Å². The molecule has 0 unspecified atom stereocenters. The Bertz CT molecular complexity index is 818. The summed E-state index contributed by atoms with van der Waals surface area (Å²) >= 11 is 5.83. The lowest BCUT2D eigenvalue weighted by atomic mass is 9.99. The first-order chi connectivity index (χ1) is 13.0. The lowest BCUT2D eigenvalue weighted by Gasteiger charge is -2.35. The van der Waals surface area contributed by atoms with Crippen molar-refractivity contribution in [3.8, 4) is 0 Å². The van der Waals surface area contributed by atoms with Crippen LogP contribution in [0.15, 0.2) is 30.5 Å². The summed E-state index contributed by atoms with van der Waals surface area (Å²) in [7, 11) is 3.52. The minimum atomic E-state index is -0.113. The van der Waals surface area contributed by atoms with E-state index in [1.165, 1.54) is 6.20 Å². The van der Waals surface area contributed by atoms with Gasteiger partial charge in [0.05, 0.1) is 17.6 Å². The first kappa shape index (κ1) is 19.4. The smallest absolute Gasteiger partial charge is 0.267 e. The van der Waals surface area contributed by atoms with Crippen molar-refractivity contribution in [3.05, 3.63) is 46.9 Å². The molecule has 1 atom stereocenters. The molecule has 144 valence electrons. The monoisotopic (exact) mass is 389 g/mol. The molecule has 1 aliphatic heterocycles. The number of carbonyl (C=O) groups is 2. The normalized spacial score (nSPS) is 17.5. The summed E-state index contributed by atoms with van der Waals surface area (Å²) in [4.78, 5) is 30.7. The average molecular weight is 390 g/mol. The molecule has 3 rings (SSSR count). The van der Waals surface area contributed by atoms with Gasteiger partial charge in [0.1, 0.15) is 11.5 Å². The molecular weight excluding hydrogens is 366 g/mol. The van der Waals surface area contributed by atoms with E-state index in [0.717, 1.165) is 31.5 Å². The van der Waals surface area contributed by atoms with Crippen molar-refractivity contribution in [2.24, 2.45) is 7.05 Å². The molecule has 0 aromatic carbocycles. The first-order valence-corrected chi connectivity index (χ1v) is 9.40. The van der Waals surface area contributed by atoms with Gasteiger partial charge in [0.15, 0.2) is 0 Å². The molecule has 1 fully saturated rings. The Morgan fingerprint density at radius 3 is 2.78 bits per heavy atom. The van der Waals surface area contributed by atoms with Gasteiger partial charge in [0, 0.05) is 26.0 Å². The molecule has 3 heterocycles. The summed E-state index contributed by atoms with van der Waals surface area (Å²) in [6, 6.07) is 7.29. The van der Waals surface area contributed by atoms with Gasteiger partial charge in [-0.2, -0.15) is 0 Å². The van der Waals surface area contributed by atoms with Gasteiger partial charge in [-0.05, 0) is 43.7 Å². The van der Waals surface area contributed by atoms with Crippen molar-refractivity contribution in [2.45, 2.75) is 25.3 Å². The SMILES string of the molecule is CNC(=O)c1ccc([C@@H]2CCCCN2CC(=O)Nc2ccc(Cl)cn2)n1C. The van der Waals surface area contributed by atoms with Gasteiger partial charge >= 0.3 is 0 Å². The van der Waals surface area contributed by atoms with Crippen LogP contribution in [0.3, 0.4) is 0 Å². The zero-order valence-electron chi connectivity index (χ0n) is 15.5. The summed E-state index contributed by atoms with van der Waals surface area (Å²) in [6.45, 7) is 1.11. The Morgan fingerprint density at radius 2 is 2.07 bits per heavy atom. The van der Waals surface area contributed by atoms with Crippen molar-refractivity contribution in [1.82, 2.24) is 19.8 Å². The Balaban J connectivity index is 1.72. The number of pyridine rings is 1. The molecule has 8 heteroatoms. The number of piperidine rings is 1. The standard InChI is InChI=1S/C19H24ClN5O2/c1-21-19(27)16-8-7-14(24(16)2)15-5-3-4-10-25(15)12-18(26)23-17-9-6-13(20)11-22-17/h6-9,11,15H,3-5,10,12H2,1-2H3,(H,21,27)(H,22,23,26)/t15-/m0/s1. The molecule has 0 spiro atoms. The van der Waals surface area contributed by atoms with Gasteiger partial charge in [-0.3, -0.25) is 14.5 Å². The Kier molecular flexibility index (Phi) is 6.13. The van der Waals surface area contributed by atoms with Gasteiger partial charge in [-0.15, -0.1) is 0 Å². The van der Waals surface area contributed by atoms with Gasteiger partial charge in [0.2, 0.25) is 5.91 Å². The van der Waals surface area contributed by atoms with E-state index < -0.39 is 0 Å². The van der Waals surface area contributed by atoms with E-state index in [9.17, 15) is 9.59 Å². The topological polar surface area (TPSA) is 79.3 Å². The minimum absolute atomic E-state index is 0.103. The fraction of sp³-hybridized carbons (Fsp3) is 0.421. The van der Waals surface area contributed by atoms with E-state index in [1.807, 2.05) is 23.7 Å². The van der Waals surface area contributed by atoms with E-state index in [4.69, 9.17) is 11.6 Å². The summed E-state index contributed by atoms with van der Waals surface area (Å²) in [5.74, 6) is 0.258. The van der Waals surface area contributed by atoms with Crippen molar-refractivity contribution in [1.29, 1.82) is 0 Å². The van der Waals surface area contributed by atoms with E-state index in [-0.39, 0.29) is 24.4 Å². The number of carbonyl (C=O) groups excluding carboxylic acids is 2. The number of anilines is 1. The van der Waals surface area contributed by atoms with Crippen LogP contribution in [0.25, 0.3) is 0 Å². The number of nitrogens with one attached hydrogen (secondary N) is 2. The van der Waals surface area contributed by atoms with Crippen LogP contribution in [0.5, 0.6) is 0 Å². The lowest BCUT2D eigenvalue weighted by Crippen LogP contribution is -2.40. The van der Waals surface area contributed by atoms with Gasteiger partial charge in [-0.25, -0.2) is 4.98 Å². The summed E-state index contributed by atoms with van der Waals surface area (Å²) in [5.41, 5.74) is 1.67. The fourth-order valence-corrected chi connectivity index (χ4v) is 3.66. The molecule has 2 aromatic rings. The second-order valence-electron chi connectivity index (χ2n) is 6.67. The highest BCUT2D eigenvalue weighted by Crippen LogP contribution is 2.31. The maximum atomic E-state index is 12.5. The summed E-state index contributed by atoms with van der Waals surface area (Å²) in [6.07, 6.45) is 4.61. The molecule has 0 bridgehead atoms. The molecule has 2 aromatic heterocycles. The summed E-state index contributed by atoms with van der Waals surface area (Å²) in [5, 5.41) is 6.00.